The third kappa shape index (κ3) is 3.64. The molecule has 0 heterocycles. The van der Waals surface area contributed by atoms with E-state index in [2.05, 4.69) is 11.4 Å². The second kappa shape index (κ2) is 7.50. The zero-order chi connectivity index (χ0) is 19.9. The lowest BCUT2D eigenvalue weighted by atomic mass is 9.78. The number of amides is 1. The molecule has 1 amide bonds. The number of allylic oxidation sites excluding steroid dienone is 2. The van der Waals surface area contributed by atoms with Crippen molar-refractivity contribution in [3.8, 4) is 0 Å². The molecule has 28 heavy (non-hydrogen) atoms. The largest absolute Gasteiger partial charge is 0.461 e. The molecule has 156 valence electrons. The number of hydrogen-bond donors (Lipinski definition) is 1. The van der Waals surface area contributed by atoms with E-state index in [1.54, 1.807) is 5.57 Å². The molecule has 4 aliphatic carbocycles. The van der Waals surface area contributed by atoms with E-state index in [1.807, 2.05) is 20.8 Å². The zero-order valence-corrected chi connectivity index (χ0v) is 17.9. The highest BCUT2D eigenvalue weighted by atomic mass is 16.5. The van der Waals surface area contributed by atoms with E-state index >= 15 is 0 Å². The van der Waals surface area contributed by atoms with E-state index in [4.69, 9.17) is 4.74 Å². The Balaban J connectivity index is 1.42. The van der Waals surface area contributed by atoms with E-state index in [0.717, 1.165) is 51.4 Å². The maximum atomic E-state index is 13.0. The lowest BCUT2D eigenvalue weighted by Gasteiger charge is -2.39. The number of esters is 1. The molecule has 4 nitrogen and oxygen atoms in total. The first-order valence-electron chi connectivity index (χ1n) is 11.5. The van der Waals surface area contributed by atoms with E-state index < -0.39 is 0 Å². The monoisotopic (exact) mass is 387 g/mol. The van der Waals surface area contributed by atoms with Crippen LogP contribution in [-0.2, 0) is 14.3 Å². The number of ether oxygens (including phenoxy) is 1. The minimum absolute atomic E-state index is 0.0151. The molecule has 1 N–H and O–H groups in total. The van der Waals surface area contributed by atoms with E-state index in [9.17, 15) is 9.59 Å². The van der Waals surface area contributed by atoms with Crippen LogP contribution in [0.2, 0.25) is 0 Å². The maximum Gasteiger partial charge on any atom is 0.309 e. The van der Waals surface area contributed by atoms with Gasteiger partial charge in [0.25, 0.3) is 0 Å². The van der Waals surface area contributed by atoms with Crippen LogP contribution in [0.15, 0.2) is 11.6 Å². The fraction of sp³-hybridized carbons (Fsp3) is 0.833. The van der Waals surface area contributed by atoms with Crippen molar-refractivity contribution in [1.82, 2.24) is 5.32 Å². The van der Waals surface area contributed by atoms with Gasteiger partial charge in [0.15, 0.2) is 0 Å². The van der Waals surface area contributed by atoms with Gasteiger partial charge < -0.3 is 10.1 Å². The smallest absolute Gasteiger partial charge is 0.309 e. The van der Waals surface area contributed by atoms with E-state index in [1.165, 1.54) is 19.3 Å². The molecule has 1 spiro atoms. The summed E-state index contributed by atoms with van der Waals surface area (Å²) in [6, 6.07) is 0.146. The van der Waals surface area contributed by atoms with Crippen molar-refractivity contribution in [3.63, 3.8) is 0 Å². The first-order valence-corrected chi connectivity index (χ1v) is 11.5. The Hall–Kier alpha value is -1.32. The summed E-state index contributed by atoms with van der Waals surface area (Å²) >= 11 is 0. The predicted octanol–water partition coefficient (Wildman–Crippen LogP) is 4.92. The van der Waals surface area contributed by atoms with Gasteiger partial charge in [0.2, 0.25) is 5.91 Å². The molecule has 4 rings (SSSR count). The van der Waals surface area contributed by atoms with Crippen molar-refractivity contribution >= 4 is 11.9 Å². The Kier molecular flexibility index (Phi) is 5.35. The first-order chi connectivity index (χ1) is 13.3. The molecule has 3 fully saturated rings. The van der Waals surface area contributed by atoms with Gasteiger partial charge in [-0.1, -0.05) is 38.8 Å². The first kappa shape index (κ1) is 20.0. The van der Waals surface area contributed by atoms with Crippen molar-refractivity contribution in [1.29, 1.82) is 0 Å². The molecule has 0 aromatic rings. The summed E-state index contributed by atoms with van der Waals surface area (Å²) in [6.45, 7) is 5.89. The van der Waals surface area contributed by atoms with Crippen molar-refractivity contribution in [3.05, 3.63) is 11.6 Å². The minimum Gasteiger partial charge on any atom is -0.461 e. The topological polar surface area (TPSA) is 55.4 Å². The maximum absolute atomic E-state index is 13.0. The van der Waals surface area contributed by atoms with Gasteiger partial charge in [-0.2, -0.15) is 0 Å². The Morgan fingerprint density at radius 2 is 1.86 bits per heavy atom. The molecule has 0 aromatic heterocycles. The van der Waals surface area contributed by atoms with Crippen LogP contribution in [0, 0.1) is 22.7 Å². The zero-order valence-electron chi connectivity index (χ0n) is 17.9. The van der Waals surface area contributed by atoms with Crippen LogP contribution in [-0.4, -0.2) is 24.0 Å². The van der Waals surface area contributed by atoms with Crippen LogP contribution >= 0.6 is 0 Å². The Bertz CT molecular complexity index is 657. The van der Waals surface area contributed by atoms with Crippen molar-refractivity contribution in [2.75, 3.05) is 0 Å². The number of rotatable bonds is 3. The fourth-order valence-corrected chi connectivity index (χ4v) is 6.26. The van der Waals surface area contributed by atoms with Crippen LogP contribution in [0.3, 0.4) is 0 Å². The minimum atomic E-state index is -0.387. The quantitative estimate of drug-likeness (QED) is 0.552. The molecule has 3 saturated carbocycles. The Labute approximate surface area is 169 Å². The molecule has 4 aliphatic rings. The van der Waals surface area contributed by atoms with E-state index in [-0.39, 0.29) is 40.8 Å². The van der Waals surface area contributed by atoms with Gasteiger partial charge >= 0.3 is 5.97 Å². The van der Waals surface area contributed by atoms with Gasteiger partial charge in [0, 0.05) is 16.9 Å². The second-order valence-corrected chi connectivity index (χ2v) is 10.8. The van der Waals surface area contributed by atoms with Crippen LogP contribution in [0.1, 0.15) is 91.4 Å². The van der Waals surface area contributed by atoms with Crippen LogP contribution < -0.4 is 5.32 Å². The summed E-state index contributed by atoms with van der Waals surface area (Å²) in [6.07, 6.45) is 14.2. The second-order valence-electron chi connectivity index (χ2n) is 10.8. The molecule has 0 bridgehead atoms. The molecular weight excluding hydrogens is 350 g/mol. The highest BCUT2D eigenvalue weighted by Crippen LogP contribution is 2.52. The summed E-state index contributed by atoms with van der Waals surface area (Å²) in [4.78, 5) is 25.6. The molecule has 0 aromatic carbocycles. The molecule has 0 aliphatic heterocycles. The van der Waals surface area contributed by atoms with Crippen molar-refractivity contribution in [2.45, 2.75) is 104 Å². The van der Waals surface area contributed by atoms with Gasteiger partial charge in [-0.05, 0) is 70.1 Å². The molecule has 0 radical (unpaired) electrons. The van der Waals surface area contributed by atoms with Crippen molar-refractivity contribution < 1.29 is 14.3 Å². The summed E-state index contributed by atoms with van der Waals surface area (Å²) in [7, 11) is 0. The van der Waals surface area contributed by atoms with Gasteiger partial charge in [-0.15, -0.1) is 0 Å². The van der Waals surface area contributed by atoms with E-state index in [0.29, 0.717) is 5.92 Å². The highest BCUT2D eigenvalue weighted by molar-refractivity contribution is 5.81. The lowest BCUT2D eigenvalue weighted by Crippen LogP contribution is -2.52. The molecule has 0 unspecified atom stereocenters. The molecular formula is C24H37NO3. The van der Waals surface area contributed by atoms with Gasteiger partial charge in [0.05, 0.1) is 5.92 Å². The average molecular weight is 388 g/mol. The Morgan fingerprint density at radius 1 is 1.11 bits per heavy atom. The third-order valence-corrected chi connectivity index (χ3v) is 7.93. The summed E-state index contributed by atoms with van der Waals surface area (Å²) in [5.74, 6) is 0.783. The number of hydrogen-bond acceptors (Lipinski definition) is 3. The number of carbonyl (C=O) groups is 2. The Morgan fingerprint density at radius 3 is 2.61 bits per heavy atom. The molecule has 0 saturated heterocycles. The van der Waals surface area contributed by atoms with Crippen molar-refractivity contribution in [2.24, 2.45) is 22.7 Å². The fourth-order valence-electron chi connectivity index (χ4n) is 6.26. The van der Waals surface area contributed by atoms with Crippen LogP contribution in [0.4, 0.5) is 0 Å². The highest BCUT2D eigenvalue weighted by Gasteiger charge is 2.54. The predicted molar refractivity (Wildman–Crippen MR) is 110 cm³/mol. The summed E-state index contributed by atoms with van der Waals surface area (Å²) in [5.41, 5.74) is 1.16. The van der Waals surface area contributed by atoms with Gasteiger partial charge in [-0.3, -0.25) is 9.59 Å². The lowest BCUT2D eigenvalue weighted by molar-refractivity contribution is -0.161. The van der Waals surface area contributed by atoms with Crippen LogP contribution in [0.25, 0.3) is 0 Å². The standard InChI is InChI=1S/C24H37NO3/c1-23(2,3)22(27)25-19-9-5-13-24(19)14-6-10-20(24)28-21(26)18-12-11-16-7-4-8-17(16)15-18/h11,17-20H,4-10,12-15H2,1-3H3,(H,25,27)/t17-,18-,19+,20+,24+/m0/s1. The van der Waals surface area contributed by atoms with Crippen LogP contribution in [0.5, 0.6) is 0 Å². The van der Waals surface area contributed by atoms with Gasteiger partial charge in [0.1, 0.15) is 6.10 Å². The number of nitrogens with one attached hydrogen (secondary N) is 1. The normalized spacial score (nSPS) is 37.6. The average Bonchev–Trinajstić information content (AvgIpc) is 3.35. The summed E-state index contributed by atoms with van der Waals surface area (Å²) in [5, 5.41) is 3.32. The number of carbonyl (C=O) groups excluding carboxylic acids is 2. The number of fused-ring (bicyclic) bond motifs is 1. The molecule has 4 heteroatoms. The third-order valence-electron chi connectivity index (χ3n) is 7.93. The summed E-state index contributed by atoms with van der Waals surface area (Å²) < 4.78 is 6.21. The SMILES string of the molecule is CC(C)(C)C(=O)N[C@@H]1CCC[C@@]12CCC[C@H]2OC(=O)[C@H]1CC=C2CCC[C@H]2C1. The molecule has 5 atom stereocenters. The van der Waals surface area contributed by atoms with Gasteiger partial charge in [-0.25, -0.2) is 0 Å².